The van der Waals surface area contributed by atoms with E-state index in [4.69, 9.17) is 11.6 Å². The number of aromatic nitrogens is 2. The quantitative estimate of drug-likeness (QED) is 0.894. The number of H-pyrrole nitrogens is 1. The zero-order valence-electron chi connectivity index (χ0n) is 9.94. The third-order valence-electron chi connectivity index (χ3n) is 2.66. The first-order valence-electron chi connectivity index (χ1n) is 5.51. The molecule has 0 saturated heterocycles. The maximum absolute atomic E-state index is 13.5. The molecule has 8 heteroatoms. The Balaban J connectivity index is 2.32. The Kier molecular flexibility index (Phi) is 4.01. The lowest BCUT2D eigenvalue weighted by atomic mass is 10.1. The standard InChI is InChI=1S/C12H9ClF2N2O3/c13-8-4-17(12(20)16-11(8)19)5-10(18)7-2-1-6(14)3-9(7)15/h1-4,10,18H,5H2,(H,16,19,20)/t10-/m0/s1. The Labute approximate surface area is 116 Å². The Morgan fingerprint density at radius 2 is 2.05 bits per heavy atom. The van der Waals surface area contributed by atoms with Gasteiger partial charge >= 0.3 is 5.69 Å². The molecular formula is C12H9ClF2N2O3. The molecule has 1 aromatic heterocycles. The van der Waals surface area contributed by atoms with Crippen LogP contribution >= 0.6 is 11.6 Å². The predicted octanol–water partition coefficient (Wildman–Crippen LogP) is 1.20. The molecule has 0 bridgehead atoms. The van der Waals surface area contributed by atoms with E-state index in [0.717, 1.165) is 22.9 Å². The normalized spacial score (nSPS) is 12.4. The summed E-state index contributed by atoms with van der Waals surface area (Å²) in [6.45, 7) is -0.335. The fourth-order valence-electron chi connectivity index (χ4n) is 1.67. The molecule has 0 aliphatic carbocycles. The number of aromatic amines is 1. The van der Waals surface area contributed by atoms with Gasteiger partial charge in [-0.1, -0.05) is 17.7 Å². The van der Waals surface area contributed by atoms with Crippen LogP contribution in [0.2, 0.25) is 5.02 Å². The number of hydrogen-bond acceptors (Lipinski definition) is 3. The number of benzene rings is 1. The van der Waals surface area contributed by atoms with Crippen LogP contribution in [0.4, 0.5) is 8.78 Å². The third kappa shape index (κ3) is 2.94. The fourth-order valence-corrected chi connectivity index (χ4v) is 1.84. The van der Waals surface area contributed by atoms with Crippen molar-refractivity contribution >= 4 is 11.6 Å². The van der Waals surface area contributed by atoms with E-state index in [1.54, 1.807) is 0 Å². The van der Waals surface area contributed by atoms with Gasteiger partial charge in [0.1, 0.15) is 16.7 Å². The van der Waals surface area contributed by atoms with Crippen LogP contribution in [-0.2, 0) is 6.54 Å². The molecule has 0 spiro atoms. The lowest BCUT2D eigenvalue weighted by Crippen LogP contribution is -2.31. The second-order valence-electron chi connectivity index (χ2n) is 4.07. The first kappa shape index (κ1) is 14.4. The molecule has 1 aromatic carbocycles. The molecule has 0 aliphatic heterocycles. The number of halogens is 3. The number of rotatable bonds is 3. The molecule has 0 aliphatic rings. The van der Waals surface area contributed by atoms with Crippen molar-refractivity contribution in [2.45, 2.75) is 12.6 Å². The zero-order chi connectivity index (χ0) is 14.9. The number of aliphatic hydroxyl groups excluding tert-OH is 1. The van der Waals surface area contributed by atoms with Crippen molar-refractivity contribution in [3.8, 4) is 0 Å². The van der Waals surface area contributed by atoms with Crippen molar-refractivity contribution in [2.24, 2.45) is 0 Å². The third-order valence-corrected chi connectivity index (χ3v) is 2.93. The Bertz CT molecular complexity index is 757. The average molecular weight is 303 g/mol. The van der Waals surface area contributed by atoms with Crippen LogP contribution in [0, 0.1) is 11.6 Å². The topological polar surface area (TPSA) is 75.1 Å². The van der Waals surface area contributed by atoms with Gasteiger partial charge in [-0.25, -0.2) is 13.6 Å². The summed E-state index contributed by atoms with van der Waals surface area (Å²) >= 11 is 5.56. The first-order chi connectivity index (χ1) is 9.38. The van der Waals surface area contributed by atoms with E-state index in [0.29, 0.717) is 6.07 Å². The minimum atomic E-state index is -1.39. The molecular weight excluding hydrogens is 294 g/mol. The lowest BCUT2D eigenvalue weighted by molar-refractivity contribution is 0.150. The molecule has 0 unspecified atom stereocenters. The molecule has 2 N–H and O–H groups in total. The van der Waals surface area contributed by atoms with Crippen LogP contribution < -0.4 is 11.2 Å². The minimum Gasteiger partial charge on any atom is -0.386 e. The molecule has 106 valence electrons. The highest BCUT2D eigenvalue weighted by Crippen LogP contribution is 2.19. The van der Waals surface area contributed by atoms with Crippen molar-refractivity contribution in [3.63, 3.8) is 0 Å². The van der Waals surface area contributed by atoms with Crippen molar-refractivity contribution in [2.75, 3.05) is 0 Å². The van der Waals surface area contributed by atoms with Gasteiger partial charge in [0.2, 0.25) is 0 Å². The lowest BCUT2D eigenvalue weighted by Gasteiger charge is -2.13. The fraction of sp³-hybridized carbons (Fsp3) is 0.167. The van der Waals surface area contributed by atoms with Gasteiger partial charge in [0.15, 0.2) is 0 Å². The van der Waals surface area contributed by atoms with Gasteiger partial charge < -0.3 is 5.11 Å². The van der Waals surface area contributed by atoms with Gasteiger partial charge in [-0.05, 0) is 6.07 Å². The number of aliphatic hydroxyl groups is 1. The van der Waals surface area contributed by atoms with Crippen LogP contribution in [0.1, 0.15) is 11.7 Å². The molecule has 5 nitrogen and oxygen atoms in total. The van der Waals surface area contributed by atoms with E-state index < -0.39 is 29.0 Å². The van der Waals surface area contributed by atoms with Gasteiger partial charge in [0, 0.05) is 17.8 Å². The van der Waals surface area contributed by atoms with Crippen LogP contribution in [-0.4, -0.2) is 14.7 Å². The summed E-state index contributed by atoms with van der Waals surface area (Å²) in [4.78, 5) is 24.5. The van der Waals surface area contributed by atoms with Crippen LogP contribution in [0.5, 0.6) is 0 Å². The summed E-state index contributed by atoms with van der Waals surface area (Å²) in [5.41, 5.74) is -1.71. The molecule has 0 radical (unpaired) electrons. The molecule has 0 saturated carbocycles. The smallest absolute Gasteiger partial charge is 0.328 e. The van der Waals surface area contributed by atoms with E-state index in [-0.39, 0.29) is 17.1 Å². The zero-order valence-corrected chi connectivity index (χ0v) is 10.7. The monoisotopic (exact) mass is 302 g/mol. The van der Waals surface area contributed by atoms with Crippen molar-refractivity contribution in [3.05, 3.63) is 67.5 Å². The largest absolute Gasteiger partial charge is 0.386 e. The Hall–Kier alpha value is -1.99. The van der Waals surface area contributed by atoms with Crippen molar-refractivity contribution in [1.82, 2.24) is 9.55 Å². The average Bonchev–Trinajstić information content (AvgIpc) is 2.35. The molecule has 0 amide bonds. The van der Waals surface area contributed by atoms with Gasteiger partial charge in [-0.15, -0.1) is 0 Å². The highest BCUT2D eigenvalue weighted by atomic mass is 35.5. The summed E-state index contributed by atoms with van der Waals surface area (Å²) in [5.74, 6) is -1.70. The van der Waals surface area contributed by atoms with E-state index in [2.05, 4.69) is 0 Å². The predicted molar refractivity (Wildman–Crippen MR) is 67.7 cm³/mol. The maximum Gasteiger partial charge on any atom is 0.328 e. The maximum atomic E-state index is 13.5. The van der Waals surface area contributed by atoms with Gasteiger partial charge in [0.25, 0.3) is 5.56 Å². The second kappa shape index (κ2) is 5.56. The number of nitrogens with zero attached hydrogens (tertiary/aromatic N) is 1. The molecule has 2 aromatic rings. The molecule has 20 heavy (non-hydrogen) atoms. The number of nitrogens with one attached hydrogen (secondary N) is 1. The minimum absolute atomic E-state index is 0.166. The summed E-state index contributed by atoms with van der Waals surface area (Å²) in [7, 11) is 0. The summed E-state index contributed by atoms with van der Waals surface area (Å²) in [6.07, 6.45) is -0.358. The Morgan fingerprint density at radius 1 is 1.35 bits per heavy atom. The van der Waals surface area contributed by atoms with Gasteiger partial charge in [-0.3, -0.25) is 14.3 Å². The molecule has 2 rings (SSSR count). The van der Waals surface area contributed by atoms with Crippen molar-refractivity contribution < 1.29 is 13.9 Å². The van der Waals surface area contributed by atoms with Crippen molar-refractivity contribution in [1.29, 1.82) is 0 Å². The van der Waals surface area contributed by atoms with Crippen LogP contribution in [0.15, 0.2) is 34.0 Å². The summed E-state index contributed by atoms with van der Waals surface area (Å²) in [6, 6.07) is 2.69. The number of hydrogen-bond donors (Lipinski definition) is 2. The summed E-state index contributed by atoms with van der Waals surface area (Å²) in [5, 5.41) is 9.63. The SMILES string of the molecule is O=c1[nH]c(=O)n(C[C@H](O)c2ccc(F)cc2F)cc1Cl. The van der Waals surface area contributed by atoms with E-state index >= 15 is 0 Å². The summed E-state index contributed by atoms with van der Waals surface area (Å²) < 4.78 is 27.2. The van der Waals surface area contributed by atoms with Gasteiger partial charge in [0.05, 0.1) is 12.6 Å². The highest BCUT2D eigenvalue weighted by molar-refractivity contribution is 6.30. The first-order valence-corrected chi connectivity index (χ1v) is 5.88. The molecule has 1 heterocycles. The van der Waals surface area contributed by atoms with Crippen LogP contribution in [0.25, 0.3) is 0 Å². The molecule has 0 fully saturated rings. The van der Waals surface area contributed by atoms with E-state index in [1.165, 1.54) is 0 Å². The van der Waals surface area contributed by atoms with Gasteiger partial charge in [-0.2, -0.15) is 0 Å². The highest BCUT2D eigenvalue weighted by Gasteiger charge is 2.15. The van der Waals surface area contributed by atoms with E-state index in [1.807, 2.05) is 4.98 Å². The van der Waals surface area contributed by atoms with E-state index in [9.17, 15) is 23.5 Å². The Morgan fingerprint density at radius 3 is 2.70 bits per heavy atom. The molecule has 1 atom stereocenters. The van der Waals surface area contributed by atoms with Crippen LogP contribution in [0.3, 0.4) is 0 Å². The second-order valence-corrected chi connectivity index (χ2v) is 4.48.